The number of benzene rings is 1. The average Bonchev–Trinajstić information content (AvgIpc) is 2.46. The standard InChI is InChI=1S/C17H24F3NO/c1-15(2,16(12-22)6-8-21-9-7-16)11-13-4-3-5-14(10-13)17(18,19)20/h3-5,10,21-22H,6-9,11-12H2,1-2H3. The van der Waals surface area contributed by atoms with Gasteiger partial charge in [-0.05, 0) is 49.4 Å². The lowest BCUT2D eigenvalue weighted by molar-refractivity contribution is -0.137. The van der Waals surface area contributed by atoms with Crippen LogP contribution in [0, 0.1) is 10.8 Å². The first-order valence-electron chi connectivity index (χ1n) is 7.68. The van der Waals surface area contributed by atoms with E-state index < -0.39 is 11.7 Å². The summed E-state index contributed by atoms with van der Waals surface area (Å²) >= 11 is 0. The molecule has 0 unspecified atom stereocenters. The molecule has 1 aromatic carbocycles. The second kappa shape index (κ2) is 6.20. The molecular weight excluding hydrogens is 291 g/mol. The van der Waals surface area contributed by atoms with Crippen LogP contribution in [0.15, 0.2) is 24.3 Å². The molecule has 1 aromatic rings. The second-order valence-corrected chi connectivity index (χ2v) is 6.95. The van der Waals surface area contributed by atoms with Crippen molar-refractivity contribution in [2.75, 3.05) is 19.7 Å². The molecule has 2 N–H and O–H groups in total. The fraction of sp³-hybridized carbons (Fsp3) is 0.647. The SMILES string of the molecule is CC(C)(Cc1cccc(C(F)(F)F)c1)C1(CO)CCNCC1. The summed E-state index contributed by atoms with van der Waals surface area (Å²) < 4.78 is 38.5. The molecule has 1 aliphatic rings. The Balaban J connectivity index is 2.24. The van der Waals surface area contributed by atoms with Gasteiger partial charge < -0.3 is 10.4 Å². The summed E-state index contributed by atoms with van der Waals surface area (Å²) in [5.41, 5.74) is -0.448. The molecule has 0 amide bonds. The molecule has 124 valence electrons. The number of aliphatic hydroxyl groups excluding tert-OH is 1. The van der Waals surface area contributed by atoms with Crippen LogP contribution in [0.25, 0.3) is 0 Å². The van der Waals surface area contributed by atoms with Gasteiger partial charge in [0.1, 0.15) is 0 Å². The van der Waals surface area contributed by atoms with Crippen LogP contribution in [0.5, 0.6) is 0 Å². The van der Waals surface area contributed by atoms with E-state index in [4.69, 9.17) is 0 Å². The summed E-state index contributed by atoms with van der Waals surface area (Å²) in [6.07, 6.45) is -2.11. The highest BCUT2D eigenvalue weighted by Crippen LogP contribution is 2.47. The van der Waals surface area contributed by atoms with E-state index in [2.05, 4.69) is 19.2 Å². The summed E-state index contributed by atoms with van der Waals surface area (Å²) in [6, 6.07) is 5.53. The third-order valence-corrected chi connectivity index (χ3v) is 5.20. The van der Waals surface area contributed by atoms with Crippen molar-refractivity contribution >= 4 is 0 Å². The lowest BCUT2D eigenvalue weighted by Crippen LogP contribution is -2.49. The van der Waals surface area contributed by atoms with Gasteiger partial charge in [-0.2, -0.15) is 13.2 Å². The van der Waals surface area contributed by atoms with Crippen LogP contribution in [0.1, 0.15) is 37.8 Å². The number of halogens is 3. The first kappa shape index (κ1) is 17.3. The van der Waals surface area contributed by atoms with E-state index in [1.807, 2.05) is 0 Å². The van der Waals surface area contributed by atoms with E-state index >= 15 is 0 Å². The molecule has 0 saturated carbocycles. The number of hydrogen-bond acceptors (Lipinski definition) is 2. The largest absolute Gasteiger partial charge is 0.416 e. The van der Waals surface area contributed by atoms with E-state index in [1.54, 1.807) is 6.07 Å². The Morgan fingerprint density at radius 1 is 1.18 bits per heavy atom. The first-order chi connectivity index (χ1) is 10.2. The smallest absolute Gasteiger partial charge is 0.396 e. The van der Waals surface area contributed by atoms with Gasteiger partial charge >= 0.3 is 6.18 Å². The van der Waals surface area contributed by atoms with E-state index in [0.717, 1.165) is 32.0 Å². The van der Waals surface area contributed by atoms with Crippen molar-refractivity contribution < 1.29 is 18.3 Å². The molecule has 2 rings (SSSR count). The molecular formula is C17H24F3NO. The molecule has 0 aliphatic carbocycles. The van der Waals surface area contributed by atoms with Crippen LogP contribution >= 0.6 is 0 Å². The molecule has 1 saturated heterocycles. The van der Waals surface area contributed by atoms with E-state index in [-0.39, 0.29) is 17.4 Å². The van der Waals surface area contributed by atoms with Gasteiger partial charge in [0.25, 0.3) is 0 Å². The van der Waals surface area contributed by atoms with Gasteiger partial charge in [0, 0.05) is 12.0 Å². The second-order valence-electron chi connectivity index (χ2n) is 6.95. The summed E-state index contributed by atoms with van der Waals surface area (Å²) in [7, 11) is 0. The zero-order valence-electron chi connectivity index (χ0n) is 13.1. The van der Waals surface area contributed by atoms with Crippen molar-refractivity contribution in [2.45, 2.75) is 39.3 Å². The lowest BCUT2D eigenvalue weighted by Gasteiger charge is -2.48. The maximum atomic E-state index is 12.8. The molecule has 5 heteroatoms. The Labute approximate surface area is 129 Å². The quantitative estimate of drug-likeness (QED) is 0.889. The Kier molecular flexibility index (Phi) is 4.87. The van der Waals surface area contributed by atoms with E-state index in [0.29, 0.717) is 12.0 Å². The summed E-state index contributed by atoms with van der Waals surface area (Å²) in [4.78, 5) is 0. The Morgan fingerprint density at radius 3 is 2.36 bits per heavy atom. The molecule has 1 fully saturated rings. The normalized spacial score (nSPS) is 19.2. The minimum absolute atomic E-state index is 0.0701. The van der Waals surface area contributed by atoms with Crippen molar-refractivity contribution in [1.29, 1.82) is 0 Å². The molecule has 0 spiro atoms. The van der Waals surface area contributed by atoms with Gasteiger partial charge in [-0.15, -0.1) is 0 Å². The van der Waals surface area contributed by atoms with E-state index in [1.165, 1.54) is 12.1 Å². The fourth-order valence-electron chi connectivity index (χ4n) is 3.51. The third-order valence-electron chi connectivity index (χ3n) is 5.20. The molecule has 0 radical (unpaired) electrons. The average molecular weight is 315 g/mol. The van der Waals surface area contributed by atoms with Gasteiger partial charge in [-0.25, -0.2) is 0 Å². The monoisotopic (exact) mass is 315 g/mol. The topological polar surface area (TPSA) is 32.3 Å². The lowest BCUT2D eigenvalue weighted by atomic mass is 9.59. The molecule has 22 heavy (non-hydrogen) atoms. The zero-order valence-corrected chi connectivity index (χ0v) is 13.1. The van der Waals surface area contributed by atoms with Crippen molar-refractivity contribution in [1.82, 2.24) is 5.32 Å². The zero-order chi connectivity index (χ0) is 16.4. The molecule has 1 heterocycles. The van der Waals surface area contributed by atoms with Crippen LogP contribution in [0.3, 0.4) is 0 Å². The highest BCUT2D eigenvalue weighted by molar-refractivity contribution is 5.27. The van der Waals surface area contributed by atoms with Crippen LogP contribution < -0.4 is 5.32 Å². The van der Waals surface area contributed by atoms with Gasteiger partial charge in [-0.1, -0.05) is 32.0 Å². The number of alkyl halides is 3. The van der Waals surface area contributed by atoms with Gasteiger partial charge in [0.15, 0.2) is 0 Å². The maximum absolute atomic E-state index is 12.8. The van der Waals surface area contributed by atoms with Gasteiger partial charge in [0.05, 0.1) is 5.56 Å². The molecule has 2 nitrogen and oxygen atoms in total. The summed E-state index contributed by atoms with van der Waals surface area (Å²) in [6.45, 7) is 5.85. The Hall–Kier alpha value is -1.07. The Morgan fingerprint density at radius 2 is 1.82 bits per heavy atom. The number of hydrogen-bond donors (Lipinski definition) is 2. The van der Waals surface area contributed by atoms with Crippen molar-refractivity contribution in [3.63, 3.8) is 0 Å². The number of rotatable bonds is 4. The van der Waals surface area contributed by atoms with Crippen LogP contribution in [-0.2, 0) is 12.6 Å². The molecule has 0 aromatic heterocycles. The molecule has 1 aliphatic heterocycles. The fourth-order valence-corrected chi connectivity index (χ4v) is 3.51. The predicted octanol–water partition coefficient (Wildman–Crippen LogP) is 3.64. The van der Waals surface area contributed by atoms with Crippen LogP contribution in [-0.4, -0.2) is 24.8 Å². The van der Waals surface area contributed by atoms with Crippen molar-refractivity contribution in [3.8, 4) is 0 Å². The van der Waals surface area contributed by atoms with Crippen LogP contribution in [0.2, 0.25) is 0 Å². The molecule has 0 bridgehead atoms. The van der Waals surface area contributed by atoms with Crippen molar-refractivity contribution in [3.05, 3.63) is 35.4 Å². The summed E-state index contributed by atoms with van der Waals surface area (Å²) in [5, 5.41) is 13.2. The highest BCUT2D eigenvalue weighted by atomic mass is 19.4. The highest BCUT2D eigenvalue weighted by Gasteiger charge is 2.45. The minimum atomic E-state index is -4.32. The number of aliphatic hydroxyl groups is 1. The summed E-state index contributed by atoms with van der Waals surface area (Å²) in [5.74, 6) is 0. The van der Waals surface area contributed by atoms with E-state index in [9.17, 15) is 18.3 Å². The Bertz CT molecular complexity index is 505. The minimum Gasteiger partial charge on any atom is -0.396 e. The third kappa shape index (κ3) is 3.46. The van der Waals surface area contributed by atoms with Gasteiger partial charge in [0.2, 0.25) is 0 Å². The number of piperidine rings is 1. The van der Waals surface area contributed by atoms with Crippen LogP contribution in [0.4, 0.5) is 13.2 Å². The predicted molar refractivity (Wildman–Crippen MR) is 80.6 cm³/mol. The van der Waals surface area contributed by atoms with Gasteiger partial charge in [-0.3, -0.25) is 0 Å². The first-order valence-corrected chi connectivity index (χ1v) is 7.68. The van der Waals surface area contributed by atoms with Crippen molar-refractivity contribution in [2.24, 2.45) is 10.8 Å². The molecule has 0 atom stereocenters. The number of nitrogens with one attached hydrogen (secondary N) is 1. The maximum Gasteiger partial charge on any atom is 0.416 e.